The Morgan fingerprint density at radius 3 is 2.42 bits per heavy atom. The number of hydrogen-bond acceptors (Lipinski definition) is 5. The van der Waals surface area contributed by atoms with Gasteiger partial charge in [0.1, 0.15) is 0 Å². The number of nitrogens with zero attached hydrogens (tertiary/aromatic N) is 2. The van der Waals surface area contributed by atoms with Crippen LogP contribution in [0.4, 0.5) is 11.4 Å². The van der Waals surface area contributed by atoms with Gasteiger partial charge < -0.3 is 10.2 Å². The van der Waals surface area contributed by atoms with Crippen LogP contribution >= 0.6 is 0 Å². The maximum atomic E-state index is 12.9. The molecule has 0 bridgehead atoms. The number of nitrogens with one attached hydrogen (secondary N) is 1. The summed E-state index contributed by atoms with van der Waals surface area (Å²) < 4.78 is 23.7. The first kappa shape index (κ1) is 18.0. The monoisotopic (exact) mass is 369 g/mol. The molecule has 1 atom stereocenters. The van der Waals surface area contributed by atoms with Gasteiger partial charge in [0.15, 0.2) is 9.84 Å². The molecule has 1 heterocycles. The summed E-state index contributed by atoms with van der Waals surface area (Å²) >= 11 is 0. The fourth-order valence-corrected chi connectivity index (χ4v) is 4.75. The van der Waals surface area contributed by atoms with Crippen molar-refractivity contribution in [2.24, 2.45) is 0 Å². The predicted octanol–water partition coefficient (Wildman–Crippen LogP) is 2.19. The van der Waals surface area contributed by atoms with Crippen molar-refractivity contribution in [2.75, 3.05) is 28.3 Å². The molecule has 26 heavy (non-hydrogen) atoms. The molecule has 2 aromatic rings. The van der Waals surface area contributed by atoms with Gasteiger partial charge in [0, 0.05) is 11.4 Å². The minimum Gasteiger partial charge on any atom is -0.376 e. The Kier molecular flexibility index (Phi) is 5.24. The maximum absolute atomic E-state index is 12.9. The van der Waals surface area contributed by atoms with Crippen molar-refractivity contribution in [3.63, 3.8) is 0 Å². The second kappa shape index (κ2) is 7.58. The zero-order chi connectivity index (χ0) is 18.6. The Morgan fingerprint density at radius 2 is 1.85 bits per heavy atom. The molecule has 0 unspecified atom stereocenters. The number of para-hydroxylation sites is 1. The summed E-state index contributed by atoms with van der Waals surface area (Å²) in [4.78, 5) is 14.4. The number of hydrogen-bond donors (Lipinski definition) is 1. The van der Waals surface area contributed by atoms with Crippen molar-refractivity contribution in [1.82, 2.24) is 0 Å². The van der Waals surface area contributed by atoms with Crippen molar-refractivity contribution >= 4 is 27.1 Å². The molecule has 1 N–H and O–H groups in total. The molecular weight excluding hydrogens is 350 g/mol. The maximum Gasteiger partial charge on any atom is 0.246 e. The molecule has 6 nitrogen and oxygen atoms in total. The number of carbonyl (C=O) groups excluding carboxylic acids is 1. The Hall–Kier alpha value is -2.85. The van der Waals surface area contributed by atoms with Crippen molar-refractivity contribution in [2.45, 2.75) is 12.5 Å². The second-order valence-corrected chi connectivity index (χ2v) is 8.43. The molecule has 1 saturated heterocycles. The summed E-state index contributed by atoms with van der Waals surface area (Å²) in [5.41, 5.74) is 1.97. The minimum atomic E-state index is -3.10. The van der Waals surface area contributed by atoms with E-state index >= 15 is 0 Å². The van der Waals surface area contributed by atoms with Gasteiger partial charge in [-0.15, -0.1) is 0 Å². The standard InChI is InChI=1S/C19H19N3O3S/c20-12-15-6-8-16(9-7-15)21-13-19(23)22(17-4-2-1-3-5-17)18-10-11-26(24,25)14-18/h1-9,18,21H,10-11,13-14H2/t18-/m1/s1. The Morgan fingerprint density at radius 1 is 1.15 bits per heavy atom. The van der Waals surface area contributed by atoms with Gasteiger partial charge in [0.05, 0.1) is 35.7 Å². The lowest BCUT2D eigenvalue weighted by Crippen LogP contribution is -2.44. The smallest absolute Gasteiger partial charge is 0.246 e. The summed E-state index contributed by atoms with van der Waals surface area (Å²) in [6.07, 6.45) is 0.444. The van der Waals surface area contributed by atoms with Gasteiger partial charge in [0.25, 0.3) is 0 Å². The first-order valence-corrected chi connectivity index (χ1v) is 10.1. The molecule has 1 aliphatic heterocycles. The molecule has 0 spiro atoms. The van der Waals surface area contributed by atoms with Crippen LogP contribution in [0.1, 0.15) is 12.0 Å². The molecule has 0 aromatic heterocycles. The average Bonchev–Trinajstić information content (AvgIpc) is 3.01. The SMILES string of the molecule is N#Cc1ccc(NCC(=O)N(c2ccccc2)[C@@H]2CCS(=O)(=O)C2)cc1. The van der Waals surface area contributed by atoms with Crippen molar-refractivity contribution in [1.29, 1.82) is 5.26 Å². The summed E-state index contributed by atoms with van der Waals surface area (Å²) in [6.45, 7) is 0.0390. The van der Waals surface area contributed by atoms with E-state index in [9.17, 15) is 13.2 Å². The van der Waals surface area contributed by atoms with Gasteiger partial charge in [-0.05, 0) is 42.8 Å². The topological polar surface area (TPSA) is 90.3 Å². The van der Waals surface area contributed by atoms with E-state index < -0.39 is 9.84 Å². The molecule has 2 aromatic carbocycles. The number of nitriles is 1. The zero-order valence-corrected chi connectivity index (χ0v) is 14.9. The largest absolute Gasteiger partial charge is 0.376 e. The van der Waals surface area contributed by atoms with E-state index in [-0.39, 0.29) is 30.0 Å². The Labute approximate surface area is 153 Å². The summed E-state index contributed by atoms with van der Waals surface area (Å²) in [7, 11) is -3.10. The normalized spacial score (nSPS) is 18.0. The number of carbonyl (C=O) groups is 1. The van der Waals surface area contributed by atoms with Crippen LogP contribution in [0.3, 0.4) is 0 Å². The molecule has 0 saturated carbocycles. The van der Waals surface area contributed by atoms with E-state index in [4.69, 9.17) is 5.26 Å². The highest BCUT2D eigenvalue weighted by molar-refractivity contribution is 7.91. The first-order valence-electron chi connectivity index (χ1n) is 8.30. The summed E-state index contributed by atoms with van der Waals surface area (Å²) in [5.74, 6) is -0.0929. The fraction of sp³-hybridized carbons (Fsp3) is 0.263. The van der Waals surface area contributed by atoms with Gasteiger partial charge in [-0.3, -0.25) is 4.79 Å². The van der Waals surface area contributed by atoms with E-state index in [1.54, 1.807) is 29.2 Å². The molecule has 1 aliphatic rings. The first-order chi connectivity index (χ1) is 12.5. The van der Waals surface area contributed by atoms with Crippen molar-refractivity contribution in [3.8, 4) is 6.07 Å². The number of amides is 1. The van der Waals surface area contributed by atoms with Crippen LogP contribution in [-0.2, 0) is 14.6 Å². The van der Waals surface area contributed by atoms with Crippen LogP contribution in [-0.4, -0.2) is 38.4 Å². The van der Waals surface area contributed by atoms with Crippen molar-refractivity contribution < 1.29 is 13.2 Å². The summed E-state index contributed by atoms with van der Waals surface area (Å²) in [6, 6.07) is 17.6. The van der Waals surface area contributed by atoms with Gasteiger partial charge >= 0.3 is 0 Å². The highest BCUT2D eigenvalue weighted by Gasteiger charge is 2.35. The molecule has 7 heteroatoms. The second-order valence-electron chi connectivity index (χ2n) is 6.20. The molecule has 0 aliphatic carbocycles. The van der Waals surface area contributed by atoms with Crippen LogP contribution < -0.4 is 10.2 Å². The Balaban J connectivity index is 1.75. The van der Waals surface area contributed by atoms with Crippen LogP contribution in [0.5, 0.6) is 0 Å². The van der Waals surface area contributed by atoms with Crippen LogP contribution in [0, 0.1) is 11.3 Å². The third kappa shape index (κ3) is 4.21. The number of sulfone groups is 1. The van der Waals surface area contributed by atoms with Gasteiger partial charge in [0.2, 0.25) is 5.91 Å². The van der Waals surface area contributed by atoms with Crippen LogP contribution in [0.2, 0.25) is 0 Å². The third-order valence-electron chi connectivity index (χ3n) is 4.33. The number of anilines is 2. The molecule has 134 valence electrons. The van der Waals surface area contributed by atoms with E-state index in [0.717, 1.165) is 5.69 Å². The highest BCUT2D eigenvalue weighted by Crippen LogP contribution is 2.24. The molecule has 3 rings (SSSR count). The minimum absolute atomic E-state index is 0.00942. The van der Waals surface area contributed by atoms with Gasteiger partial charge in [-0.1, -0.05) is 18.2 Å². The van der Waals surface area contributed by atoms with E-state index in [0.29, 0.717) is 17.7 Å². The lowest BCUT2D eigenvalue weighted by Gasteiger charge is -2.28. The Bertz CT molecular complexity index is 919. The van der Waals surface area contributed by atoms with Gasteiger partial charge in [-0.25, -0.2) is 8.42 Å². The molecule has 0 radical (unpaired) electrons. The average molecular weight is 369 g/mol. The summed E-state index contributed by atoms with van der Waals surface area (Å²) in [5, 5.41) is 11.9. The number of benzene rings is 2. The van der Waals surface area contributed by atoms with Gasteiger partial charge in [-0.2, -0.15) is 5.26 Å². The predicted molar refractivity (Wildman–Crippen MR) is 101 cm³/mol. The van der Waals surface area contributed by atoms with Crippen LogP contribution in [0.15, 0.2) is 54.6 Å². The highest BCUT2D eigenvalue weighted by atomic mass is 32.2. The fourth-order valence-electron chi connectivity index (χ4n) is 3.05. The van der Waals surface area contributed by atoms with Crippen molar-refractivity contribution in [3.05, 3.63) is 60.2 Å². The molecule has 1 amide bonds. The third-order valence-corrected chi connectivity index (χ3v) is 6.08. The quantitative estimate of drug-likeness (QED) is 0.872. The molecule has 1 fully saturated rings. The van der Waals surface area contributed by atoms with E-state index in [1.165, 1.54) is 0 Å². The van der Waals surface area contributed by atoms with Crippen LogP contribution in [0.25, 0.3) is 0 Å². The molecular formula is C19H19N3O3S. The zero-order valence-electron chi connectivity index (χ0n) is 14.1. The lowest BCUT2D eigenvalue weighted by molar-refractivity contribution is -0.117. The van der Waals surface area contributed by atoms with E-state index in [1.807, 2.05) is 36.4 Å². The van der Waals surface area contributed by atoms with E-state index in [2.05, 4.69) is 5.32 Å². The number of rotatable bonds is 5. The lowest BCUT2D eigenvalue weighted by atomic mass is 10.1.